The lowest BCUT2D eigenvalue weighted by atomic mass is 10.2. The van der Waals surface area contributed by atoms with E-state index < -0.39 is 0 Å². The Morgan fingerprint density at radius 2 is 2.31 bits per heavy atom. The Hall–Kier alpha value is -1.56. The molecule has 0 saturated carbocycles. The predicted molar refractivity (Wildman–Crippen MR) is 64.9 cm³/mol. The second kappa shape index (κ2) is 4.52. The number of aryl methyl sites for hydroxylation is 1. The van der Waals surface area contributed by atoms with Gasteiger partial charge in [0.2, 0.25) is 6.39 Å². The summed E-state index contributed by atoms with van der Waals surface area (Å²) in [6.45, 7) is 2.47. The van der Waals surface area contributed by atoms with Gasteiger partial charge in [0.15, 0.2) is 5.82 Å². The molecule has 0 spiro atoms. The molecule has 0 aliphatic heterocycles. The maximum atomic E-state index is 5.78. The Morgan fingerprint density at radius 3 is 3.00 bits per heavy atom. The van der Waals surface area contributed by atoms with Crippen molar-refractivity contribution >= 4 is 27.3 Å². The zero-order chi connectivity index (χ0) is 11.5. The van der Waals surface area contributed by atoms with Crippen LogP contribution in [0.25, 0.3) is 0 Å². The van der Waals surface area contributed by atoms with Crippen molar-refractivity contribution in [3.63, 3.8) is 0 Å². The van der Waals surface area contributed by atoms with Gasteiger partial charge < -0.3 is 15.6 Å². The van der Waals surface area contributed by atoms with Gasteiger partial charge in [0, 0.05) is 15.8 Å². The number of nitrogen functional groups attached to an aromatic ring is 1. The molecule has 0 bridgehead atoms. The SMILES string of the molecule is Cc1cc(NCc2ncon2)c(Br)cc1N. The van der Waals surface area contributed by atoms with Gasteiger partial charge in [-0.2, -0.15) is 4.98 Å². The average molecular weight is 283 g/mol. The van der Waals surface area contributed by atoms with Gasteiger partial charge >= 0.3 is 0 Å². The van der Waals surface area contributed by atoms with Gasteiger partial charge in [-0.1, -0.05) is 5.16 Å². The summed E-state index contributed by atoms with van der Waals surface area (Å²) < 4.78 is 5.56. The Balaban J connectivity index is 2.12. The second-order valence-electron chi connectivity index (χ2n) is 3.39. The summed E-state index contributed by atoms with van der Waals surface area (Å²) in [5.74, 6) is 0.612. The number of rotatable bonds is 3. The first-order chi connectivity index (χ1) is 7.66. The van der Waals surface area contributed by atoms with Crippen molar-refractivity contribution in [2.75, 3.05) is 11.1 Å². The standard InChI is InChI=1S/C10H11BrN4O/c1-6-2-9(7(11)3-8(6)12)13-4-10-14-5-16-15-10/h2-3,5,13H,4,12H2,1H3. The van der Waals surface area contributed by atoms with Crippen LogP contribution in [0.4, 0.5) is 11.4 Å². The first kappa shape index (κ1) is 10.9. The number of nitrogens with zero attached hydrogens (tertiary/aromatic N) is 2. The summed E-state index contributed by atoms with van der Waals surface area (Å²) in [6, 6.07) is 3.84. The number of hydrogen-bond acceptors (Lipinski definition) is 5. The number of nitrogens with one attached hydrogen (secondary N) is 1. The third-order valence-corrected chi connectivity index (χ3v) is 2.86. The molecule has 6 heteroatoms. The molecule has 0 fully saturated rings. The van der Waals surface area contributed by atoms with E-state index in [-0.39, 0.29) is 0 Å². The van der Waals surface area contributed by atoms with Crippen LogP contribution in [0, 0.1) is 6.92 Å². The lowest BCUT2D eigenvalue weighted by molar-refractivity contribution is 0.411. The smallest absolute Gasteiger partial charge is 0.213 e. The maximum absolute atomic E-state index is 5.78. The number of anilines is 2. The number of nitrogens with two attached hydrogens (primary N) is 1. The van der Waals surface area contributed by atoms with E-state index in [9.17, 15) is 0 Å². The molecular weight excluding hydrogens is 272 g/mol. The van der Waals surface area contributed by atoms with E-state index in [2.05, 4.69) is 35.9 Å². The molecule has 16 heavy (non-hydrogen) atoms. The first-order valence-electron chi connectivity index (χ1n) is 4.71. The van der Waals surface area contributed by atoms with Crippen LogP contribution in [0.5, 0.6) is 0 Å². The van der Waals surface area contributed by atoms with Crippen LogP contribution in [0.2, 0.25) is 0 Å². The lowest BCUT2D eigenvalue weighted by Gasteiger charge is -2.09. The molecule has 0 aliphatic rings. The topological polar surface area (TPSA) is 77.0 Å². The minimum Gasteiger partial charge on any atom is -0.398 e. The largest absolute Gasteiger partial charge is 0.398 e. The molecule has 0 saturated heterocycles. The van der Waals surface area contributed by atoms with Gasteiger partial charge in [0.1, 0.15) is 0 Å². The molecule has 1 aromatic heterocycles. The van der Waals surface area contributed by atoms with Gasteiger partial charge in [-0.15, -0.1) is 0 Å². The fourth-order valence-corrected chi connectivity index (χ4v) is 1.78. The van der Waals surface area contributed by atoms with Gasteiger partial charge in [0.05, 0.1) is 6.54 Å². The molecule has 84 valence electrons. The monoisotopic (exact) mass is 282 g/mol. The predicted octanol–water partition coefficient (Wildman–Crippen LogP) is 2.33. The number of aromatic nitrogens is 2. The molecule has 0 radical (unpaired) electrons. The third-order valence-electron chi connectivity index (χ3n) is 2.20. The maximum Gasteiger partial charge on any atom is 0.213 e. The number of benzene rings is 1. The van der Waals surface area contributed by atoms with E-state index in [1.165, 1.54) is 6.39 Å². The van der Waals surface area contributed by atoms with E-state index in [1.54, 1.807) is 0 Å². The van der Waals surface area contributed by atoms with Gasteiger partial charge in [-0.05, 0) is 40.5 Å². The van der Waals surface area contributed by atoms with Crippen molar-refractivity contribution < 1.29 is 4.52 Å². The molecule has 3 N–H and O–H groups in total. The fourth-order valence-electron chi connectivity index (χ4n) is 1.28. The third kappa shape index (κ3) is 2.33. The lowest BCUT2D eigenvalue weighted by Crippen LogP contribution is -2.03. The zero-order valence-electron chi connectivity index (χ0n) is 8.70. The highest BCUT2D eigenvalue weighted by atomic mass is 79.9. The van der Waals surface area contributed by atoms with Crippen molar-refractivity contribution in [2.24, 2.45) is 0 Å². The Bertz CT molecular complexity index is 484. The molecule has 0 atom stereocenters. The van der Waals surface area contributed by atoms with Crippen molar-refractivity contribution in [3.8, 4) is 0 Å². The highest BCUT2D eigenvalue weighted by Crippen LogP contribution is 2.27. The van der Waals surface area contributed by atoms with E-state index >= 15 is 0 Å². The van der Waals surface area contributed by atoms with Crippen LogP contribution in [-0.2, 0) is 6.54 Å². The molecule has 0 unspecified atom stereocenters. The summed E-state index contributed by atoms with van der Waals surface area (Å²) in [5, 5.41) is 6.91. The molecule has 0 aliphatic carbocycles. The van der Waals surface area contributed by atoms with E-state index in [0.29, 0.717) is 12.4 Å². The van der Waals surface area contributed by atoms with Crippen molar-refractivity contribution in [2.45, 2.75) is 13.5 Å². The van der Waals surface area contributed by atoms with Crippen molar-refractivity contribution in [1.29, 1.82) is 0 Å². The average Bonchev–Trinajstić information content (AvgIpc) is 2.74. The molecule has 1 aromatic carbocycles. The van der Waals surface area contributed by atoms with Gasteiger partial charge in [-0.25, -0.2) is 0 Å². The van der Waals surface area contributed by atoms with Crippen LogP contribution in [0.3, 0.4) is 0 Å². The quantitative estimate of drug-likeness (QED) is 0.845. The normalized spacial score (nSPS) is 10.4. The highest BCUT2D eigenvalue weighted by Gasteiger charge is 2.04. The summed E-state index contributed by atoms with van der Waals surface area (Å²) in [5.41, 5.74) is 8.53. The summed E-state index contributed by atoms with van der Waals surface area (Å²) in [6.07, 6.45) is 1.31. The summed E-state index contributed by atoms with van der Waals surface area (Å²) in [7, 11) is 0. The highest BCUT2D eigenvalue weighted by molar-refractivity contribution is 9.10. The first-order valence-corrected chi connectivity index (χ1v) is 5.51. The summed E-state index contributed by atoms with van der Waals surface area (Å²) in [4.78, 5) is 3.92. The van der Waals surface area contributed by atoms with Crippen molar-refractivity contribution in [3.05, 3.63) is 34.4 Å². The molecule has 1 heterocycles. The molecule has 2 aromatic rings. The Kier molecular flexibility index (Phi) is 3.09. The molecule has 0 amide bonds. The second-order valence-corrected chi connectivity index (χ2v) is 4.24. The minimum absolute atomic E-state index is 0.512. The Labute approximate surface area is 101 Å². The van der Waals surface area contributed by atoms with Gasteiger partial charge in [-0.3, -0.25) is 0 Å². The van der Waals surface area contributed by atoms with E-state index in [4.69, 9.17) is 5.73 Å². The van der Waals surface area contributed by atoms with Crippen LogP contribution in [0.15, 0.2) is 27.5 Å². The Morgan fingerprint density at radius 1 is 1.50 bits per heavy atom. The zero-order valence-corrected chi connectivity index (χ0v) is 10.3. The van der Waals surface area contributed by atoms with Crippen LogP contribution < -0.4 is 11.1 Å². The number of hydrogen-bond donors (Lipinski definition) is 2. The van der Waals surface area contributed by atoms with Crippen LogP contribution >= 0.6 is 15.9 Å². The molecule has 5 nitrogen and oxygen atoms in total. The van der Waals surface area contributed by atoms with Crippen molar-refractivity contribution in [1.82, 2.24) is 10.1 Å². The fraction of sp³-hybridized carbons (Fsp3) is 0.200. The van der Waals surface area contributed by atoms with E-state index in [0.717, 1.165) is 21.4 Å². The number of halogens is 1. The minimum atomic E-state index is 0.512. The summed E-state index contributed by atoms with van der Waals surface area (Å²) >= 11 is 3.44. The van der Waals surface area contributed by atoms with Gasteiger partial charge in [0.25, 0.3) is 0 Å². The van der Waals surface area contributed by atoms with Crippen LogP contribution in [-0.4, -0.2) is 10.1 Å². The molecular formula is C10H11BrN4O. The van der Waals surface area contributed by atoms with Crippen LogP contribution in [0.1, 0.15) is 11.4 Å². The van der Waals surface area contributed by atoms with E-state index in [1.807, 2.05) is 19.1 Å². The molecule has 2 rings (SSSR count).